The lowest BCUT2D eigenvalue weighted by Gasteiger charge is -2.34. The topological polar surface area (TPSA) is 95.5 Å². The number of piperazine rings is 1. The van der Waals surface area contributed by atoms with Crippen molar-refractivity contribution in [3.63, 3.8) is 0 Å². The van der Waals surface area contributed by atoms with E-state index < -0.39 is 15.8 Å². The number of halogens is 1. The van der Waals surface area contributed by atoms with Crippen molar-refractivity contribution in [2.45, 2.75) is 9.24 Å². The van der Waals surface area contributed by atoms with Crippen LogP contribution in [0.4, 0.5) is 15.2 Å². The first-order valence-electron chi connectivity index (χ1n) is 9.74. The number of aromatic nitrogens is 2. The van der Waals surface area contributed by atoms with Gasteiger partial charge in [0.15, 0.2) is 4.34 Å². The molecule has 4 rings (SSSR count). The molecule has 1 aliphatic rings. The zero-order valence-electron chi connectivity index (χ0n) is 16.8. The Morgan fingerprint density at radius 2 is 1.72 bits per heavy atom. The molecule has 0 aliphatic carbocycles. The maximum absolute atomic E-state index is 13.1. The fourth-order valence-electron chi connectivity index (χ4n) is 3.11. The zero-order valence-corrected chi connectivity index (χ0v) is 19.3. The van der Waals surface area contributed by atoms with Gasteiger partial charge in [0.25, 0.3) is 0 Å². The van der Waals surface area contributed by atoms with E-state index in [0.29, 0.717) is 22.6 Å². The molecule has 1 aromatic heterocycles. The first-order valence-corrected chi connectivity index (χ1v) is 13.0. The van der Waals surface area contributed by atoms with Crippen molar-refractivity contribution in [1.29, 1.82) is 0 Å². The van der Waals surface area contributed by atoms with Gasteiger partial charge in [-0.3, -0.25) is 4.79 Å². The summed E-state index contributed by atoms with van der Waals surface area (Å²) in [5.74, 6) is -0.373. The molecule has 1 N–H and O–H groups in total. The summed E-state index contributed by atoms with van der Waals surface area (Å²) in [7, 11) is -3.71. The Kier molecular flexibility index (Phi) is 7.04. The van der Waals surface area contributed by atoms with E-state index in [1.807, 2.05) is 30.3 Å². The molecule has 1 saturated heterocycles. The van der Waals surface area contributed by atoms with Gasteiger partial charge in [0.2, 0.25) is 21.1 Å². The van der Waals surface area contributed by atoms with Crippen LogP contribution in [0.25, 0.3) is 0 Å². The predicted molar refractivity (Wildman–Crippen MR) is 122 cm³/mol. The van der Waals surface area contributed by atoms with Crippen LogP contribution in [0.3, 0.4) is 0 Å². The Morgan fingerprint density at radius 3 is 2.41 bits per heavy atom. The van der Waals surface area contributed by atoms with Gasteiger partial charge in [-0.1, -0.05) is 41.3 Å². The highest BCUT2D eigenvalue weighted by Crippen LogP contribution is 2.28. The molecule has 2 aromatic carbocycles. The Bertz CT molecular complexity index is 1160. The van der Waals surface area contributed by atoms with Crippen molar-refractivity contribution in [1.82, 2.24) is 19.4 Å². The molecule has 2 heterocycles. The number of thioether (sulfide) groups is 1. The highest BCUT2D eigenvalue weighted by atomic mass is 32.2. The van der Waals surface area contributed by atoms with Crippen LogP contribution in [-0.4, -0.2) is 65.7 Å². The average molecular weight is 494 g/mol. The molecule has 3 aromatic rings. The number of nitrogens with one attached hydrogen (secondary N) is 1. The summed E-state index contributed by atoms with van der Waals surface area (Å²) in [6.45, 7) is 0.994. The molecule has 8 nitrogen and oxygen atoms in total. The molecule has 0 atom stereocenters. The molecule has 0 unspecified atom stereocenters. The van der Waals surface area contributed by atoms with Crippen LogP contribution < -0.4 is 5.32 Å². The number of hydrogen-bond acceptors (Lipinski definition) is 8. The van der Waals surface area contributed by atoms with Crippen LogP contribution >= 0.6 is 23.1 Å². The molecule has 12 heteroatoms. The predicted octanol–water partition coefficient (Wildman–Crippen LogP) is 3.05. The monoisotopic (exact) mass is 493 g/mol. The Balaban J connectivity index is 1.26. The van der Waals surface area contributed by atoms with Gasteiger partial charge in [-0.25, -0.2) is 12.8 Å². The molecule has 1 aliphatic heterocycles. The fourth-order valence-corrected chi connectivity index (χ4v) is 6.21. The van der Waals surface area contributed by atoms with Gasteiger partial charge in [-0.05, 0) is 36.4 Å². The highest BCUT2D eigenvalue weighted by molar-refractivity contribution is 8.01. The van der Waals surface area contributed by atoms with Crippen molar-refractivity contribution >= 4 is 49.8 Å². The number of anilines is 2. The summed E-state index contributed by atoms with van der Waals surface area (Å²) in [4.78, 5) is 14.3. The highest BCUT2D eigenvalue weighted by Gasteiger charge is 2.30. The summed E-state index contributed by atoms with van der Waals surface area (Å²) in [5.41, 5.74) is 0.907. The number of amides is 1. The minimum atomic E-state index is -3.71. The van der Waals surface area contributed by atoms with E-state index in [9.17, 15) is 17.6 Å². The maximum Gasteiger partial charge on any atom is 0.243 e. The molecule has 0 spiro atoms. The first-order chi connectivity index (χ1) is 15.4. The number of para-hydroxylation sites is 1. The van der Waals surface area contributed by atoms with E-state index >= 15 is 0 Å². The van der Waals surface area contributed by atoms with Crippen molar-refractivity contribution < 1.29 is 17.6 Å². The number of nitrogens with zero attached hydrogens (tertiary/aromatic N) is 4. The minimum Gasteiger partial charge on any atom is -0.339 e. The zero-order chi connectivity index (χ0) is 22.6. The van der Waals surface area contributed by atoms with Gasteiger partial charge in [-0.15, -0.1) is 10.2 Å². The van der Waals surface area contributed by atoms with E-state index in [0.717, 1.165) is 17.8 Å². The van der Waals surface area contributed by atoms with Crippen LogP contribution in [0, 0.1) is 5.82 Å². The Labute approximate surface area is 193 Å². The number of benzene rings is 2. The minimum absolute atomic E-state index is 0.0467. The van der Waals surface area contributed by atoms with Gasteiger partial charge in [0.1, 0.15) is 5.82 Å². The van der Waals surface area contributed by atoms with Gasteiger partial charge in [0.05, 0.1) is 10.6 Å². The van der Waals surface area contributed by atoms with Gasteiger partial charge < -0.3 is 10.2 Å². The largest absolute Gasteiger partial charge is 0.339 e. The third kappa shape index (κ3) is 5.44. The number of sulfonamides is 1. The third-order valence-electron chi connectivity index (χ3n) is 4.79. The lowest BCUT2D eigenvalue weighted by atomic mass is 10.3. The summed E-state index contributed by atoms with van der Waals surface area (Å²) >= 11 is 2.67. The molecular formula is C20H20FN5O3S3. The van der Waals surface area contributed by atoms with Crippen LogP contribution in [0.1, 0.15) is 0 Å². The third-order valence-corrected chi connectivity index (χ3v) is 8.66. The molecule has 168 valence electrons. The second-order valence-electron chi connectivity index (χ2n) is 6.89. The van der Waals surface area contributed by atoms with Crippen molar-refractivity contribution in [3.05, 3.63) is 60.4 Å². The van der Waals surface area contributed by atoms with Gasteiger partial charge in [-0.2, -0.15) is 4.31 Å². The van der Waals surface area contributed by atoms with Crippen LogP contribution in [0.2, 0.25) is 0 Å². The molecule has 0 saturated carbocycles. The lowest BCUT2D eigenvalue weighted by Crippen LogP contribution is -2.50. The molecule has 1 amide bonds. The quantitative estimate of drug-likeness (QED) is 0.506. The van der Waals surface area contributed by atoms with Crippen LogP contribution in [-0.2, 0) is 14.8 Å². The Hall–Kier alpha value is -2.54. The molecule has 0 bridgehead atoms. The van der Waals surface area contributed by atoms with E-state index in [1.165, 1.54) is 39.5 Å². The smallest absolute Gasteiger partial charge is 0.243 e. The first kappa shape index (κ1) is 22.6. The molecule has 1 fully saturated rings. The SMILES string of the molecule is O=C(CSc1nnc(Nc2ccccc2)s1)N1CCN(S(=O)(=O)c2ccc(F)cc2)CC1. The summed E-state index contributed by atoms with van der Waals surface area (Å²) in [6.07, 6.45) is 0. The van der Waals surface area contributed by atoms with Crippen LogP contribution in [0.5, 0.6) is 0 Å². The summed E-state index contributed by atoms with van der Waals surface area (Å²) in [6, 6.07) is 14.4. The standard InChI is InChI=1S/C20H20FN5O3S3/c21-15-6-8-17(9-7-15)32(28,29)26-12-10-25(11-13-26)18(27)14-30-20-24-23-19(31-20)22-16-4-2-1-3-5-16/h1-9H,10-14H2,(H,22,23). The Morgan fingerprint density at radius 1 is 1.03 bits per heavy atom. The number of carbonyl (C=O) groups is 1. The van der Waals surface area contributed by atoms with E-state index in [1.54, 1.807) is 4.90 Å². The van der Waals surface area contributed by atoms with Gasteiger partial charge >= 0.3 is 0 Å². The number of carbonyl (C=O) groups excluding carboxylic acids is 1. The molecule has 0 radical (unpaired) electrons. The second kappa shape index (κ2) is 9.94. The van der Waals surface area contributed by atoms with E-state index in [-0.39, 0.29) is 29.6 Å². The van der Waals surface area contributed by atoms with Crippen molar-refractivity contribution in [3.8, 4) is 0 Å². The van der Waals surface area contributed by atoms with Gasteiger partial charge in [0, 0.05) is 31.9 Å². The summed E-state index contributed by atoms with van der Waals surface area (Å²) < 4.78 is 40.5. The normalized spacial score (nSPS) is 15.0. The van der Waals surface area contributed by atoms with Crippen LogP contribution in [0.15, 0.2) is 63.8 Å². The average Bonchev–Trinajstić information content (AvgIpc) is 3.26. The second-order valence-corrected chi connectivity index (χ2v) is 11.0. The van der Waals surface area contributed by atoms with E-state index in [2.05, 4.69) is 15.5 Å². The van der Waals surface area contributed by atoms with Crippen molar-refractivity contribution in [2.24, 2.45) is 0 Å². The molecular weight excluding hydrogens is 473 g/mol. The maximum atomic E-state index is 13.1. The molecule has 32 heavy (non-hydrogen) atoms. The fraction of sp³-hybridized carbons (Fsp3) is 0.250. The number of hydrogen-bond donors (Lipinski definition) is 1. The summed E-state index contributed by atoms with van der Waals surface area (Å²) in [5, 5.41) is 12.0. The van der Waals surface area contributed by atoms with Crippen molar-refractivity contribution in [2.75, 3.05) is 37.2 Å². The lowest BCUT2D eigenvalue weighted by molar-refractivity contribution is -0.129. The van der Waals surface area contributed by atoms with E-state index in [4.69, 9.17) is 0 Å². The number of rotatable bonds is 7.